The van der Waals surface area contributed by atoms with Gasteiger partial charge in [-0.05, 0) is 25.7 Å². The Bertz CT molecular complexity index is 261. The quantitative estimate of drug-likeness (QED) is 0.706. The Morgan fingerprint density at radius 1 is 0.875 bits per heavy atom. The van der Waals surface area contributed by atoms with Gasteiger partial charge in [-0.25, -0.2) is 0 Å². The molecule has 3 nitrogen and oxygen atoms in total. The van der Waals surface area contributed by atoms with Gasteiger partial charge in [0.2, 0.25) is 5.91 Å². The van der Waals surface area contributed by atoms with Crippen molar-refractivity contribution < 1.29 is 4.79 Å². The van der Waals surface area contributed by atoms with Crippen molar-refractivity contribution in [1.82, 2.24) is 9.80 Å². The highest BCUT2D eigenvalue weighted by molar-refractivity contribution is 5.81. The first kappa shape index (κ1) is 10.6. The molecule has 3 fully saturated rings. The van der Waals surface area contributed by atoms with Crippen LogP contribution in [0.1, 0.15) is 38.5 Å². The second-order valence-electron chi connectivity index (χ2n) is 5.57. The molecule has 0 unspecified atom stereocenters. The normalized spacial score (nSPS) is 28.6. The molecule has 16 heavy (non-hydrogen) atoms. The Morgan fingerprint density at radius 2 is 1.50 bits per heavy atom. The molecule has 3 heteroatoms. The van der Waals surface area contributed by atoms with Gasteiger partial charge in [0.25, 0.3) is 0 Å². The molecule has 0 atom stereocenters. The van der Waals surface area contributed by atoms with Gasteiger partial charge >= 0.3 is 0 Å². The first-order valence-electron chi connectivity index (χ1n) is 6.87. The highest BCUT2D eigenvalue weighted by atomic mass is 16.2. The van der Waals surface area contributed by atoms with Crippen molar-refractivity contribution in [3.05, 3.63) is 0 Å². The highest BCUT2D eigenvalue weighted by Gasteiger charge is 2.35. The van der Waals surface area contributed by atoms with Crippen molar-refractivity contribution >= 4 is 5.91 Å². The lowest BCUT2D eigenvalue weighted by Crippen LogP contribution is -2.51. The predicted octanol–water partition coefficient (Wildman–Crippen LogP) is 1.48. The third-order valence-electron chi connectivity index (χ3n) is 4.39. The SMILES string of the molecule is O=C(C1CC1)N1CCN(C2CCCC2)CC1. The summed E-state index contributed by atoms with van der Waals surface area (Å²) in [7, 11) is 0. The average molecular weight is 222 g/mol. The van der Waals surface area contributed by atoms with Crippen LogP contribution >= 0.6 is 0 Å². The van der Waals surface area contributed by atoms with Crippen LogP contribution in [0.15, 0.2) is 0 Å². The maximum Gasteiger partial charge on any atom is 0.225 e. The van der Waals surface area contributed by atoms with Crippen LogP contribution in [0.25, 0.3) is 0 Å². The molecule has 1 aliphatic heterocycles. The number of piperazine rings is 1. The standard InChI is InChI=1S/C13H22N2O/c16-13(11-5-6-11)15-9-7-14(8-10-15)12-3-1-2-4-12/h11-12H,1-10H2. The summed E-state index contributed by atoms with van der Waals surface area (Å²) < 4.78 is 0. The van der Waals surface area contributed by atoms with Gasteiger partial charge in [-0.15, -0.1) is 0 Å². The molecule has 0 radical (unpaired) electrons. The highest BCUT2D eigenvalue weighted by Crippen LogP contribution is 2.31. The number of hydrogen-bond acceptors (Lipinski definition) is 2. The van der Waals surface area contributed by atoms with Crippen LogP contribution in [0.5, 0.6) is 0 Å². The first-order chi connectivity index (χ1) is 7.84. The molecule has 3 rings (SSSR count). The topological polar surface area (TPSA) is 23.6 Å². The van der Waals surface area contributed by atoms with Gasteiger partial charge in [0.1, 0.15) is 0 Å². The number of carbonyl (C=O) groups is 1. The van der Waals surface area contributed by atoms with Crippen molar-refractivity contribution in [3.8, 4) is 0 Å². The molecule has 0 N–H and O–H groups in total. The van der Waals surface area contributed by atoms with Crippen molar-refractivity contribution in [1.29, 1.82) is 0 Å². The fourth-order valence-electron chi connectivity index (χ4n) is 3.17. The van der Waals surface area contributed by atoms with E-state index in [0.29, 0.717) is 11.8 Å². The van der Waals surface area contributed by atoms with Gasteiger partial charge < -0.3 is 4.90 Å². The number of hydrogen-bond donors (Lipinski definition) is 0. The number of carbonyl (C=O) groups excluding carboxylic acids is 1. The van der Waals surface area contributed by atoms with Crippen LogP contribution in [-0.4, -0.2) is 47.9 Å². The van der Waals surface area contributed by atoms with Crippen LogP contribution in [0, 0.1) is 5.92 Å². The van der Waals surface area contributed by atoms with Crippen molar-refractivity contribution in [3.63, 3.8) is 0 Å². The fourth-order valence-corrected chi connectivity index (χ4v) is 3.17. The second kappa shape index (κ2) is 4.36. The van der Waals surface area contributed by atoms with E-state index >= 15 is 0 Å². The van der Waals surface area contributed by atoms with Crippen LogP contribution in [-0.2, 0) is 4.79 Å². The van der Waals surface area contributed by atoms with Gasteiger partial charge in [-0.3, -0.25) is 9.69 Å². The van der Waals surface area contributed by atoms with E-state index in [1.54, 1.807) is 0 Å². The summed E-state index contributed by atoms with van der Waals surface area (Å²) >= 11 is 0. The minimum Gasteiger partial charge on any atom is -0.340 e. The molecule has 1 heterocycles. The Hall–Kier alpha value is -0.570. The zero-order chi connectivity index (χ0) is 11.0. The van der Waals surface area contributed by atoms with Gasteiger partial charge in [0.15, 0.2) is 0 Å². The smallest absolute Gasteiger partial charge is 0.225 e. The zero-order valence-corrected chi connectivity index (χ0v) is 10.0. The summed E-state index contributed by atoms with van der Waals surface area (Å²) in [5.74, 6) is 0.837. The van der Waals surface area contributed by atoms with E-state index in [1.807, 2.05) is 0 Å². The maximum atomic E-state index is 11.9. The number of rotatable bonds is 2. The molecule has 0 spiro atoms. The predicted molar refractivity (Wildman–Crippen MR) is 63.1 cm³/mol. The minimum atomic E-state index is 0.401. The molecule has 2 aliphatic carbocycles. The van der Waals surface area contributed by atoms with Crippen LogP contribution in [0.4, 0.5) is 0 Å². The molecule has 2 saturated carbocycles. The van der Waals surface area contributed by atoms with Crippen LogP contribution in [0.2, 0.25) is 0 Å². The van der Waals surface area contributed by atoms with Crippen molar-refractivity contribution in [2.45, 2.75) is 44.6 Å². The Balaban J connectivity index is 1.49. The molecule has 1 saturated heterocycles. The molecule has 0 aromatic heterocycles. The van der Waals surface area contributed by atoms with E-state index in [4.69, 9.17) is 0 Å². The second-order valence-corrected chi connectivity index (χ2v) is 5.57. The van der Waals surface area contributed by atoms with E-state index in [0.717, 1.165) is 45.1 Å². The molecule has 3 aliphatic rings. The monoisotopic (exact) mass is 222 g/mol. The number of amides is 1. The molecule has 0 aromatic carbocycles. The summed E-state index contributed by atoms with van der Waals surface area (Å²) in [6.45, 7) is 4.18. The molecule has 0 bridgehead atoms. The maximum absolute atomic E-state index is 11.9. The minimum absolute atomic E-state index is 0.401. The lowest BCUT2D eigenvalue weighted by atomic mass is 10.1. The van der Waals surface area contributed by atoms with E-state index < -0.39 is 0 Å². The Morgan fingerprint density at radius 3 is 2.06 bits per heavy atom. The summed E-state index contributed by atoms with van der Waals surface area (Å²) in [5, 5.41) is 0. The number of nitrogens with zero attached hydrogens (tertiary/aromatic N) is 2. The molecule has 1 amide bonds. The largest absolute Gasteiger partial charge is 0.340 e. The summed E-state index contributed by atoms with van der Waals surface area (Å²) in [4.78, 5) is 16.6. The molecular weight excluding hydrogens is 200 g/mol. The summed E-state index contributed by atoms with van der Waals surface area (Å²) in [6, 6.07) is 0.832. The van der Waals surface area contributed by atoms with E-state index in [-0.39, 0.29) is 0 Å². The average Bonchev–Trinajstić information content (AvgIpc) is 3.04. The van der Waals surface area contributed by atoms with E-state index in [2.05, 4.69) is 9.80 Å². The van der Waals surface area contributed by atoms with Gasteiger partial charge in [0, 0.05) is 38.1 Å². The van der Waals surface area contributed by atoms with E-state index in [1.165, 1.54) is 25.7 Å². The third-order valence-corrected chi connectivity index (χ3v) is 4.39. The van der Waals surface area contributed by atoms with Gasteiger partial charge in [-0.1, -0.05) is 12.8 Å². The Labute approximate surface area is 97.8 Å². The zero-order valence-electron chi connectivity index (χ0n) is 10.0. The summed E-state index contributed by atoms with van der Waals surface area (Å²) in [6.07, 6.45) is 7.87. The fraction of sp³-hybridized carbons (Fsp3) is 0.923. The molecule has 0 aromatic rings. The molecular formula is C13H22N2O. The van der Waals surface area contributed by atoms with Crippen molar-refractivity contribution in [2.75, 3.05) is 26.2 Å². The van der Waals surface area contributed by atoms with E-state index in [9.17, 15) is 4.79 Å². The summed E-state index contributed by atoms with van der Waals surface area (Å²) in [5.41, 5.74) is 0. The third kappa shape index (κ3) is 2.10. The molecule has 90 valence electrons. The van der Waals surface area contributed by atoms with Gasteiger partial charge in [-0.2, -0.15) is 0 Å². The van der Waals surface area contributed by atoms with Gasteiger partial charge in [0.05, 0.1) is 0 Å². The van der Waals surface area contributed by atoms with Crippen molar-refractivity contribution in [2.24, 2.45) is 5.92 Å². The Kier molecular flexibility index (Phi) is 2.88. The van der Waals surface area contributed by atoms with Crippen LogP contribution in [0.3, 0.4) is 0 Å². The first-order valence-corrected chi connectivity index (χ1v) is 6.87. The lowest BCUT2D eigenvalue weighted by molar-refractivity contribution is -0.134. The van der Waals surface area contributed by atoms with Crippen LogP contribution < -0.4 is 0 Å². The lowest BCUT2D eigenvalue weighted by Gasteiger charge is -2.38.